The van der Waals surface area contributed by atoms with Crippen LogP contribution in [0.15, 0.2) is 0 Å². The van der Waals surface area contributed by atoms with Gasteiger partial charge in [-0.1, -0.05) is 13.8 Å². The lowest BCUT2D eigenvalue weighted by Crippen LogP contribution is -2.40. The number of hydrogen-bond acceptors (Lipinski definition) is 2. The summed E-state index contributed by atoms with van der Waals surface area (Å²) in [6.45, 7) is 7.02. The smallest absolute Gasteiger partial charge is 0.0672 e. The summed E-state index contributed by atoms with van der Waals surface area (Å²) < 4.78 is 5.54. The molecule has 0 amide bonds. The predicted molar refractivity (Wildman–Crippen MR) is 53.7 cm³/mol. The number of ether oxygens (including phenoxy) is 1. The maximum absolute atomic E-state index is 10.2. The average molecular weight is 186 g/mol. The Balaban J connectivity index is 2.37. The highest BCUT2D eigenvalue weighted by Gasteiger charge is 2.35. The van der Waals surface area contributed by atoms with Crippen LogP contribution >= 0.6 is 0 Å². The van der Waals surface area contributed by atoms with E-state index in [1.165, 1.54) is 0 Å². The second-order valence-electron chi connectivity index (χ2n) is 4.41. The lowest BCUT2D eigenvalue weighted by Gasteiger charge is -2.38. The molecule has 1 fully saturated rings. The first-order valence-corrected chi connectivity index (χ1v) is 5.42. The molecule has 0 bridgehead atoms. The molecule has 0 atom stereocenters. The van der Waals surface area contributed by atoms with E-state index in [2.05, 4.69) is 13.8 Å². The Morgan fingerprint density at radius 3 is 2.31 bits per heavy atom. The predicted octanol–water partition coefficient (Wildman–Crippen LogP) is 2.35. The molecular weight excluding hydrogens is 164 g/mol. The van der Waals surface area contributed by atoms with Crippen molar-refractivity contribution in [2.24, 2.45) is 5.92 Å². The van der Waals surface area contributed by atoms with Gasteiger partial charge in [-0.05, 0) is 38.5 Å². The van der Waals surface area contributed by atoms with Gasteiger partial charge in [0.05, 0.1) is 11.7 Å². The SMILES string of the molecule is CCOC1CCC(O)(C(C)C)CC1. The van der Waals surface area contributed by atoms with Crippen LogP contribution in [0.25, 0.3) is 0 Å². The van der Waals surface area contributed by atoms with Crippen LogP contribution in [0.1, 0.15) is 46.5 Å². The highest BCUT2D eigenvalue weighted by atomic mass is 16.5. The van der Waals surface area contributed by atoms with Crippen molar-refractivity contribution in [3.05, 3.63) is 0 Å². The Morgan fingerprint density at radius 2 is 1.92 bits per heavy atom. The summed E-state index contributed by atoms with van der Waals surface area (Å²) in [6, 6.07) is 0. The highest BCUT2D eigenvalue weighted by Crippen LogP contribution is 2.35. The maximum atomic E-state index is 10.2. The fraction of sp³-hybridized carbons (Fsp3) is 1.00. The number of aliphatic hydroxyl groups is 1. The van der Waals surface area contributed by atoms with Gasteiger partial charge in [-0.25, -0.2) is 0 Å². The third-order valence-electron chi connectivity index (χ3n) is 3.28. The topological polar surface area (TPSA) is 29.5 Å². The average Bonchev–Trinajstić information content (AvgIpc) is 2.09. The first-order chi connectivity index (χ1) is 6.08. The summed E-state index contributed by atoms with van der Waals surface area (Å²) in [5.74, 6) is 0.370. The van der Waals surface area contributed by atoms with Gasteiger partial charge in [-0.2, -0.15) is 0 Å². The van der Waals surface area contributed by atoms with E-state index in [-0.39, 0.29) is 0 Å². The van der Waals surface area contributed by atoms with Gasteiger partial charge in [0.25, 0.3) is 0 Å². The van der Waals surface area contributed by atoms with Crippen molar-refractivity contribution in [1.29, 1.82) is 0 Å². The van der Waals surface area contributed by atoms with E-state index in [1.807, 2.05) is 6.92 Å². The van der Waals surface area contributed by atoms with Crippen molar-refractivity contribution in [2.75, 3.05) is 6.61 Å². The van der Waals surface area contributed by atoms with Gasteiger partial charge in [0.1, 0.15) is 0 Å². The van der Waals surface area contributed by atoms with Crippen molar-refractivity contribution in [1.82, 2.24) is 0 Å². The molecule has 2 nitrogen and oxygen atoms in total. The van der Waals surface area contributed by atoms with Crippen LogP contribution in [0.4, 0.5) is 0 Å². The van der Waals surface area contributed by atoms with Crippen LogP contribution in [-0.4, -0.2) is 23.4 Å². The third kappa shape index (κ3) is 2.68. The molecule has 1 N–H and O–H groups in total. The molecule has 0 saturated heterocycles. The summed E-state index contributed by atoms with van der Waals surface area (Å²) in [6.07, 6.45) is 4.22. The van der Waals surface area contributed by atoms with E-state index >= 15 is 0 Å². The second kappa shape index (κ2) is 4.43. The fourth-order valence-corrected chi connectivity index (χ4v) is 2.07. The molecule has 0 aromatic heterocycles. The van der Waals surface area contributed by atoms with Gasteiger partial charge in [-0.15, -0.1) is 0 Å². The van der Waals surface area contributed by atoms with Crippen LogP contribution < -0.4 is 0 Å². The minimum atomic E-state index is -0.423. The number of rotatable bonds is 3. The quantitative estimate of drug-likeness (QED) is 0.733. The van der Waals surface area contributed by atoms with E-state index in [0.717, 1.165) is 32.3 Å². The van der Waals surface area contributed by atoms with Crippen molar-refractivity contribution >= 4 is 0 Å². The van der Waals surface area contributed by atoms with Gasteiger partial charge >= 0.3 is 0 Å². The summed E-state index contributed by atoms with van der Waals surface area (Å²) in [4.78, 5) is 0. The standard InChI is InChI=1S/C11H22O2/c1-4-13-10-5-7-11(12,8-6-10)9(2)3/h9-10,12H,4-8H2,1-3H3. The number of hydrogen-bond donors (Lipinski definition) is 1. The summed E-state index contributed by atoms with van der Waals surface area (Å²) in [5, 5.41) is 10.2. The van der Waals surface area contributed by atoms with Crippen LogP contribution in [-0.2, 0) is 4.74 Å². The molecule has 78 valence electrons. The van der Waals surface area contributed by atoms with Crippen molar-refractivity contribution in [2.45, 2.75) is 58.2 Å². The normalized spacial score (nSPS) is 35.3. The van der Waals surface area contributed by atoms with E-state index in [0.29, 0.717) is 12.0 Å². The van der Waals surface area contributed by atoms with E-state index in [1.54, 1.807) is 0 Å². The molecule has 2 heteroatoms. The molecule has 0 aliphatic heterocycles. The Hall–Kier alpha value is -0.0800. The highest BCUT2D eigenvalue weighted by molar-refractivity contribution is 4.88. The fourth-order valence-electron chi connectivity index (χ4n) is 2.07. The second-order valence-corrected chi connectivity index (χ2v) is 4.41. The van der Waals surface area contributed by atoms with Crippen molar-refractivity contribution in [3.63, 3.8) is 0 Å². The summed E-state index contributed by atoms with van der Waals surface area (Å²) in [7, 11) is 0. The third-order valence-corrected chi connectivity index (χ3v) is 3.28. The minimum Gasteiger partial charge on any atom is -0.390 e. The zero-order chi connectivity index (χ0) is 9.90. The molecule has 1 rings (SSSR count). The van der Waals surface area contributed by atoms with Crippen LogP contribution in [0.3, 0.4) is 0 Å². The summed E-state index contributed by atoms with van der Waals surface area (Å²) in [5.41, 5.74) is -0.423. The summed E-state index contributed by atoms with van der Waals surface area (Å²) >= 11 is 0. The van der Waals surface area contributed by atoms with Gasteiger partial charge < -0.3 is 9.84 Å². The molecule has 1 saturated carbocycles. The Bertz CT molecular complexity index is 146. The first-order valence-electron chi connectivity index (χ1n) is 5.42. The Morgan fingerprint density at radius 1 is 1.38 bits per heavy atom. The molecule has 0 spiro atoms. The molecule has 1 aliphatic carbocycles. The van der Waals surface area contributed by atoms with E-state index < -0.39 is 5.60 Å². The van der Waals surface area contributed by atoms with E-state index in [9.17, 15) is 5.11 Å². The molecule has 0 radical (unpaired) electrons. The first kappa shape index (κ1) is 11.0. The van der Waals surface area contributed by atoms with Gasteiger partial charge in [-0.3, -0.25) is 0 Å². The lowest BCUT2D eigenvalue weighted by atomic mass is 9.76. The van der Waals surface area contributed by atoms with Crippen molar-refractivity contribution < 1.29 is 9.84 Å². The molecule has 0 aromatic rings. The monoisotopic (exact) mass is 186 g/mol. The minimum absolute atomic E-state index is 0.370. The maximum Gasteiger partial charge on any atom is 0.0672 e. The zero-order valence-electron chi connectivity index (χ0n) is 9.05. The molecule has 0 unspecified atom stereocenters. The zero-order valence-corrected chi connectivity index (χ0v) is 9.05. The molecule has 13 heavy (non-hydrogen) atoms. The molecule has 0 aromatic carbocycles. The van der Waals surface area contributed by atoms with Crippen LogP contribution in [0.5, 0.6) is 0 Å². The Labute approximate surface area is 81.3 Å². The van der Waals surface area contributed by atoms with Gasteiger partial charge in [0.2, 0.25) is 0 Å². The van der Waals surface area contributed by atoms with Crippen LogP contribution in [0, 0.1) is 5.92 Å². The molecule has 0 heterocycles. The van der Waals surface area contributed by atoms with Crippen LogP contribution in [0.2, 0.25) is 0 Å². The molecular formula is C11H22O2. The van der Waals surface area contributed by atoms with Gasteiger partial charge in [0.15, 0.2) is 0 Å². The molecule has 1 aliphatic rings. The lowest BCUT2D eigenvalue weighted by molar-refractivity contribution is -0.0782. The largest absolute Gasteiger partial charge is 0.390 e. The van der Waals surface area contributed by atoms with Crippen molar-refractivity contribution in [3.8, 4) is 0 Å². The van der Waals surface area contributed by atoms with E-state index in [4.69, 9.17) is 4.74 Å². The van der Waals surface area contributed by atoms with Gasteiger partial charge in [0, 0.05) is 6.61 Å². The Kier molecular flexibility index (Phi) is 3.74.